The molecule has 0 saturated heterocycles. The molecule has 0 N–H and O–H groups in total. The van der Waals surface area contributed by atoms with Gasteiger partial charge in [-0.05, 0) is 0 Å². The van der Waals surface area contributed by atoms with E-state index < -0.39 is 16.6 Å². The number of methoxy groups -OCH3 is 2. The molecule has 6 heteroatoms. The normalized spacial score (nSPS) is 11.4. The Bertz CT molecular complexity index is 248. The Kier molecular flexibility index (Phi) is 6.32. The molecular weight excluding hydrogens is 231 g/mol. The Morgan fingerprint density at radius 3 is 2.21 bits per heavy atom. The first-order valence-electron chi connectivity index (χ1n) is 3.64. The molecule has 0 radical (unpaired) electrons. The van der Waals surface area contributed by atoms with Crippen molar-refractivity contribution in [3.05, 3.63) is 11.8 Å². The van der Waals surface area contributed by atoms with Crippen LogP contribution >= 0.6 is 23.2 Å². The summed E-state index contributed by atoms with van der Waals surface area (Å²) >= 11 is 10.6. The summed E-state index contributed by atoms with van der Waals surface area (Å²) in [5, 5.41) is 0. The molecule has 0 rings (SSSR count). The molecule has 0 saturated carbocycles. The molecule has 0 aromatic heterocycles. The second-order valence-corrected chi connectivity index (χ2v) is 3.37. The van der Waals surface area contributed by atoms with Gasteiger partial charge in [-0.25, -0.2) is 0 Å². The lowest BCUT2D eigenvalue weighted by atomic mass is 10.3. The number of esters is 1. The second-order valence-electron chi connectivity index (χ2n) is 2.27. The van der Waals surface area contributed by atoms with Gasteiger partial charge in [0.05, 0.1) is 14.2 Å². The van der Waals surface area contributed by atoms with Crippen molar-refractivity contribution in [1.82, 2.24) is 0 Å². The van der Waals surface area contributed by atoms with Crippen LogP contribution in [0.4, 0.5) is 0 Å². The van der Waals surface area contributed by atoms with Crippen LogP contribution in [0.3, 0.4) is 0 Å². The van der Waals surface area contributed by atoms with Crippen molar-refractivity contribution >= 4 is 35.0 Å². The van der Waals surface area contributed by atoms with Gasteiger partial charge in [0.2, 0.25) is 0 Å². The van der Waals surface area contributed by atoms with E-state index in [0.717, 1.165) is 6.08 Å². The van der Waals surface area contributed by atoms with Gasteiger partial charge < -0.3 is 9.47 Å². The van der Waals surface area contributed by atoms with E-state index >= 15 is 0 Å². The summed E-state index contributed by atoms with van der Waals surface area (Å²) in [5.74, 6) is -0.881. The van der Waals surface area contributed by atoms with E-state index in [1.54, 1.807) is 0 Å². The minimum atomic E-state index is -1.15. The number of rotatable bonds is 5. The van der Waals surface area contributed by atoms with Crippen molar-refractivity contribution in [3.63, 3.8) is 0 Å². The number of halogens is 2. The van der Waals surface area contributed by atoms with E-state index in [4.69, 9.17) is 27.9 Å². The number of alkyl halides is 2. The first kappa shape index (κ1) is 13.3. The lowest BCUT2D eigenvalue weighted by Gasteiger charge is -2.04. The van der Waals surface area contributed by atoms with Crippen LogP contribution in [-0.4, -0.2) is 30.8 Å². The molecule has 0 atom stereocenters. The molecule has 0 aromatic rings. The molecule has 0 unspecified atom stereocenters. The Labute approximate surface area is 91.8 Å². The van der Waals surface area contributed by atoms with Crippen molar-refractivity contribution in [3.8, 4) is 0 Å². The van der Waals surface area contributed by atoms with Crippen LogP contribution in [-0.2, 0) is 19.1 Å². The number of hydrogen-bond donors (Lipinski definition) is 0. The molecule has 4 nitrogen and oxygen atoms in total. The Balaban J connectivity index is 4.40. The number of ether oxygens (including phenoxy) is 2. The fourth-order valence-electron chi connectivity index (χ4n) is 0.618. The molecule has 0 heterocycles. The van der Waals surface area contributed by atoms with Crippen molar-refractivity contribution in [2.24, 2.45) is 0 Å². The smallest absolute Gasteiger partial charge is 0.313 e. The van der Waals surface area contributed by atoms with Gasteiger partial charge in [0, 0.05) is 6.08 Å². The van der Waals surface area contributed by atoms with Gasteiger partial charge in [0.15, 0.2) is 10.6 Å². The zero-order valence-electron chi connectivity index (χ0n) is 7.75. The van der Waals surface area contributed by atoms with E-state index in [0.29, 0.717) is 0 Å². The molecule has 0 aliphatic carbocycles. The zero-order chi connectivity index (χ0) is 11.1. The summed E-state index contributed by atoms with van der Waals surface area (Å²) in [7, 11) is 2.57. The number of ketones is 1. The van der Waals surface area contributed by atoms with Crippen molar-refractivity contribution < 1.29 is 19.1 Å². The van der Waals surface area contributed by atoms with E-state index in [2.05, 4.69) is 4.74 Å². The molecular formula is C8H10Cl2O4. The largest absolute Gasteiger partial charge is 0.500 e. The molecule has 0 aromatic carbocycles. The number of carbonyl (C=O) groups excluding carboxylic acids is 2. The van der Waals surface area contributed by atoms with Gasteiger partial charge in [0.1, 0.15) is 12.2 Å². The molecule has 0 aliphatic heterocycles. The quantitative estimate of drug-likeness (QED) is 0.316. The predicted octanol–water partition coefficient (Wildman–Crippen LogP) is 1.45. The highest BCUT2D eigenvalue weighted by molar-refractivity contribution is 6.54. The highest BCUT2D eigenvalue weighted by Crippen LogP contribution is 2.09. The maximum absolute atomic E-state index is 11.0. The van der Waals surface area contributed by atoms with E-state index in [9.17, 15) is 9.59 Å². The molecule has 14 heavy (non-hydrogen) atoms. The topological polar surface area (TPSA) is 52.6 Å². The monoisotopic (exact) mass is 240 g/mol. The average Bonchev–Trinajstić information content (AvgIpc) is 2.16. The van der Waals surface area contributed by atoms with E-state index in [-0.39, 0.29) is 12.2 Å². The summed E-state index contributed by atoms with van der Waals surface area (Å²) < 4.78 is 9.15. The Hall–Kier alpha value is -0.740. The highest BCUT2D eigenvalue weighted by Gasteiger charge is 2.12. The Morgan fingerprint density at radius 2 is 1.86 bits per heavy atom. The number of hydrogen-bond acceptors (Lipinski definition) is 4. The lowest BCUT2D eigenvalue weighted by Crippen LogP contribution is -2.08. The molecule has 0 spiro atoms. The Morgan fingerprint density at radius 1 is 1.29 bits per heavy atom. The van der Waals surface area contributed by atoms with Crippen molar-refractivity contribution in [2.45, 2.75) is 11.3 Å². The third-order valence-electron chi connectivity index (χ3n) is 1.33. The van der Waals surface area contributed by atoms with Gasteiger partial charge in [-0.1, -0.05) is 23.2 Å². The van der Waals surface area contributed by atoms with Crippen LogP contribution in [0, 0.1) is 0 Å². The van der Waals surface area contributed by atoms with Gasteiger partial charge in [-0.3, -0.25) is 9.59 Å². The van der Waals surface area contributed by atoms with Gasteiger partial charge in [-0.2, -0.15) is 0 Å². The number of carbonyl (C=O) groups is 2. The maximum atomic E-state index is 11.0. The van der Waals surface area contributed by atoms with Crippen LogP contribution in [0.25, 0.3) is 0 Å². The van der Waals surface area contributed by atoms with Crippen LogP contribution in [0.15, 0.2) is 11.8 Å². The van der Waals surface area contributed by atoms with Crippen LogP contribution in [0.5, 0.6) is 0 Å². The summed E-state index contributed by atoms with van der Waals surface area (Å²) in [4.78, 5) is 20.7. The van der Waals surface area contributed by atoms with Gasteiger partial charge >= 0.3 is 5.97 Å². The highest BCUT2D eigenvalue weighted by atomic mass is 35.5. The molecule has 0 aliphatic rings. The minimum absolute atomic E-state index is 0.126. The SMILES string of the molecule is COC(=O)C/C(=C/C(=O)C(Cl)Cl)OC. The summed E-state index contributed by atoms with van der Waals surface area (Å²) in [6, 6.07) is 0. The molecule has 0 fully saturated rings. The zero-order valence-corrected chi connectivity index (χ0v) is 9.26. The summed E-state index contributed by atoms with van der Waals surface area (Å²) in [6.45, 7) is 0. The molecule has 0 amide bonds. The maximum Gasteiger partial charge on any atom is 0.313 e. The van der Waals surface area contributed by atoms with Crippen LogP contribution < -0.4 is 0 Å². The van der Waals surface area contributed by atoms with Crippen molar-refractivity contribution in [1.29, 1.82) is 0 Å². The standard InChI is InChI=1S/C8H10Cl2O4/c1-13-5(4-7(12)14-2)3-6(11)8(9)10/h3,8H,4H2,1-2H3/b5-3-. The second kappa shape index (κ2) is 6.68. The first-order valence-corrected chi connectivity index (χ1v) is 4.52. The molecule has 80 valence electrons. The fraction of sp³-hybridized carbons (Fsp3) is 0.500. The third-order valence-corrected chi connectivity index (χ3v) is 1.76. The van der Waals surface area contributed by atoms with E-state index in [1.165, 1.54) is 14.2 Å². The van der Waals surface area contributed by atoms with Crippen LogP contribution in [0.1, 0.15) is 6.42 Å². The van der Waals surface area contributed by atoms with Gasteiger partial charge in [0.25, 0.3) is 0 Å². The first-order chi connectivity index (χ1) is 6.51. The minimum Gasteiger partial charge on any atom is -0.500 e. The van der Waals surface area contributed by atoms with Crippen LogP contribution in [0.2, 0.25) is 0 Å². The predicted molar refractivity (Wildman–Crippen MR) is 52.2 cm³/mol. The van der Waals surface area contributed by atoms with Gasteiger partial charge in [-0.15, -0.1) is 0 Å². The van der Waals surface area contributed by atoms with Crippen molar-refractivity contribution in [2.75, 3.05) is 14.2 Å². The summed E-state index contributed by atoms with van der Waals surface area (Å²) in [5.41, 5.74) is 0. The number of allylic oxidation sites excluding steroid dienone is 1. The summed E-state index contributed by atoms with van der Waals surface area (Å²) in [6.07, 6.45) is 0.945. The molecule has 0 bridgehead atoms. The lowest BCUT2D eigenvalue weighted by molar-refractivity contribution is -0.140. The van der Waals surface area contributed by atoms with E-state index in [1.807, 2.05) is 0 Å². The third kappa shape index (κ3) is 5.09. The fourth-order valence-corrected chi connectivity index (χ4v) is 0.744. The average molecular weight is 241 g/mol.